The van der Waals surface area contributed by atoms with Gasteiger partial charge in [-0.2, -0.15) is 5.10 Å². The molecule has 2 aromatic carbocycles. The van der Waals surface area contributed by atoms with Gasteiger partial charge in [0.15, 0.2) is 0 Å². The molecule has 1 aliphatic carbocycles. The summed E-state index contributed by atoms with van der Waals surface area (Å²) in [6, 6.07) is 13.0. The van der Waals surface area contributed by atoms with Crippen LogP contribution in [0.2, 0.25) is 5.02 Å². The van der Waals surface area contributed by atoms with E-state index < -0.39 is 0 Å². The smallest absolute Gasteiger partial charge is 0.271 e. The molecular weight excluding hydrogens is 396 g/mol. The van der Waals surface area contributed by atoms with Gasteiger partial charge in [0.1, 0.15) is 12.4 Å². The van der Waals surface area contributed by atoms with Crippen LogP contribution in [0.1, 0.15) is 67.9 Å². The number of nitrogens with zero attached hydrogens (tertiary/aromatic N) is 1. The zero-order valence-corrected chi connectivity index (χ0v) is 19.1. The molecule has 1 aliphatic rings. The molecule has 5 heteroatoms. The van der Waals surface area contributed by atoms with Gasteiger partial charge in [0, 0.05) is 16.3 Å². The predicted molar refractivity (Wildman–Crippen MR) is 123 cm³/mol. The zero-order chi connectivity index (χ0) is 21.7. The van der Waals surface area contributed by atoms with E-state index in [-0.39, 0.29) is 5.91 Å². The van der Waals surface area contributed by atoms with Gasteiger partial charge in [0.05, 0.1) is 0 Å². The Morgan fingerprint density at radius 2 is 1.80 bits per heavy atom. The van der Waals surface area contributed by atoms with Crippen molar-refractivity contribution in [1.29, 1.82) is 0 Å². The number of carbonyl (C=O) groups excluding carboxylic acids is 1. The first-order valence-corrected chi connectivity index (χ1v) is 10.9. The second kappa shape index (κ2) is 9.65. The number of hydrogen-bond acceptors (Lipinski definition) is 3. The number of aryl methyl sites for hydroxylation is 1. The van der Waals surface area contributed by atoms with Crippen LogP contribution in [0, 0.1) is 18.3 Å². The Balaban J connectivity index is 1.49. The fourth-order valence-corrected chi connectivity index (χ4v) is 3.87. The molecule has 1 amide bonds. The van der Waals surface area contributed by atoms with Crippen LogP contribution in [0.3, 0.4) is 0 Å². The van der Waals surface area contributed by atoms with Crippen LogP contribution in [0.4, 0.5) is 0 Å². The van der Waals surface area contributed by atoms with E-state index in [2.05, 4.69) is 31.3 Å². The number of amides is 1. The molecule has 1 N–H and O–H groups in total. The number of halogens is 1. The molecule has 160 valence electrons. The van der Waals surface area contributed by atoms with E-state index >= 15 is 0 Å². The molecule has 1 fully saturated rings. The van der Waals surface area contributed by atoms with Crippen molar-refractivity contribution in [3.8, 4) is 5.75 Å². The summed E-state index contributed by atoms with van der Waals surface area (Å²) in [6.07, 6.45) is 4.20. The molecular formula is C25H31ClN2O2. The molecule has 0 aromatic heterocycles. The highest BCUT2D eigenvalue weighted by Gasteiger charge is 2.28. The highest BCUT2D eigenvalue weighted by Crippen LogP contribution is 2.36. The third kappa shape index (κ3) is 6.09. The zero-order valence-electron chi connectivity index (χ0n) is 18.3. The normalized spacial score (nSPS) is 16.8. The summed E-state index contributed by atoms with van der Waals surface area (Å²) in [6.45, 7) is 9.27. The molecule has 0 aliphatic heterocycles. The van der Waals surface area contributed by atoms with Crippen LogP contribution in [0.25, 0.3) is 0 Å². The highest BCUT2D eigenvalue weighted by molar-refractivity contribution is 6.31. The van der Waals surface area contributed by atoms with E-state index in [1.54, 1.807) is 12.1 Å². The van der Waals surface area contributed by atoms with Crippen LogP contribution in [-0.2, 0) is 6.61 Å². The molecule has 0 unspecified atom stereocenters. The maximum absolute atomic E-state index is 12.4. The van der Waals surface area contributed by atoms with Crippen molar-refractivity contribution >= 4 is 23.2 Å². The van der Waals surface area contributed by atoms with Gasteiger partial charge in [0.25, 0.3) is 5.91 Å². The molecule has 0 spiro atoms. The average molecular weight is 427 g/mol. The summed E-state index contributed by atoms with van der Waals surface area (Å²) in [5.74, 6) is 1.32. The van der Waals surface area contributed by atoms with Crippen molar-refractivity contribution in [2.45, 2.75) is 60.0 Å². The van der Waals surface area contributed by atoms with Crippen molar-refractivity contribution in [2.24, 2.45) is 16.4 Å². The number of hydrogen-bond donors (Lipinski definition) is 1. The Bertz CT molecular complexity index is 904. The SMILES string of the molecule is Cc1cc(OCc2ccc(C(=O)NN=C3CCC(C(C)(C)C)CC3)cc2)ccc1Cl. The summed E-state index contributed by atoms with van der Waals surface area (Å²) in [7, 11) is 0. The van der Waals surface area contributed by atoms with Gasteiger partial charge >= 0.3 is 0 Å². The van der Waals surface area contributed by atoms with Crippen molar-refractivity contribution in [3.63, 3.8) is 0 Å². The maximum atomic E-state index is 12.4. The maximum Gasteiger partial charge on any atom is 0.271 e. The Hall–Kier alpha value is -2.33. The molecule has 0 heterocycles. The van der Waals surface area contributed by atoms with Crippen LogP contribution >= 0.6 is 11.6 Å². The molecule has 30 heavy (non-hydrogen) atoms. The summed E-state index contributed by atoms with van der Waals surface area (Å²) in [5.41, 5.74) is 6.71. The standard InChI is InChI=1S/C25H31ClN2O2/c1-17-15-22(13-14-23(17)26)30-16-18-5-7-19(8-6-18)24(29)28-27-21-11-9-20(10-12-21)25(2,3)4/h5-8,13-15,20H,9-12,16H2,1-4H3,(H,28,29). The third-order valence-electron chi connectivity index (χ3n) is 5.85. The Labute approximate surface area is 184 Å². The fourth-order valence-electron chi connectivity index (χ4n) is 3.75. The molecule has 0 bridgehead atoms. The van der Waals surface area contributed by atoms with Gasteiger partial charge in [-0.1, -0.05) is 44.5 Å². The third-order valence-corrected chi connectivity index (χ3v) is 6.28. The lowest BCUT2D eigenvalue weighted by atomic mass is 9.72. The van der Waals surface area contributed by atoms with Crippen molar-refractivity contribution in [3.05, 3.63) is 64.2 Å². The van der Waals surface area contributed by atoms with E-state index in [0.29, 0.717) is 17.6 Å². The minimum atomic E-state index is -0.179. The number of hydrazone groups is 1. The van der Waals surface area contributed by atoms with E-state index in [1.807, 2.05) is 37.3 Å². The van der Waals surface area contributed by atoms with E-state index in [1.165, 1.54) is 0 Å². The first kappa shape index (κ1) is 22.4. The van der Waals surface area contributed by atoms with E-state index in [0.717, 1.165) is 59.2 Å². The second-order valence-electron chi connectivity index (χ2n) is 9.16. The van der Waals surface area contributed by atoms with Gasteiger partial charge in [-0.05, 0) is 85.4 Å². The Kier molecular flexibility index (Phi) is 7.19. The van der Waals surface area contributed by atoms with Gasteiger partial charge in [-0.25, -0.2) is 5.43 Å². The summed E-state index contributed by atoms with van der Waals surface area (Å²) < 4.78 is 5.81. The quantitative estimate of drug-likeness (QED) is 0.551. The summed E-state index contributed by atoms with van der Waals surface area (Å²) in [5, 5.41) is 5.10. The van der Waals surface area contributed by atoms with E-state index in [9.17, 15) is 4.79 Å². The average Bonchev–Trinajstić information content (AvgIpc) is 2.73. The lowest BCUT2D eigenvalue weighted by Crippen LogP contribution is -2.27. The summed E-state index contributed by atoms with van der Waals surface area (Å²) in [4.78, 5) is 12.4. The second-order valence-corrected chi connectivity index (χ2v) is 9.56. The molecule has 1 saturated carbocycles. The van der Waals surface area contributed by atoms with Crippen molar-refractivity contribution in [2.75, 3.05) is 0 Å². The molecule has 0 saturated heterocycles. The molecule has 2 aromatic rings. The van der Waals surface area contributed by atoms with Gasteiger partial charge in [-0.15, -0.1) is 0 Å². The number of rotatable bonds is 5. The van der Waals surface area contributed by atoms with Crippen molar-refractivity contribution < 1.29 is 9.53 Å². The summed E-state index contributed by atoms with van der Waals surface area (Å²) >= 11 is 6.04. The first-order chi connectivity index (χ1) is 14.2. The number of nitrogens with one attached hydrogen (secondary N) is 1. The van der Waals surface area contributed by atoms with Crippen LogP contribution in [-0.4, -0.2) is 11.6 Å². The fraction of sp³-hybridized carbons (Fsp3) is 0.440. The van der Waals surface area contributed by atoms with Crippen molar-refractivity contribution in [1.82, 2.24) is 5.43 Å². The lowest BCUT2D eigenvalue weighted by molar-refractivity contribution is 0.0954. The van der Waals surface area contributed by atoms with Gasteiger partial charge in [-0.3, -0.25) is 4.79 Å². The molecule has 4 nitrogen and oxygen atoms in total. The first-order valence-electron chi connectivity index (χ1n) is 10.6. The molecule has 0 atom stereocenters. The topological polar surface area (TPSA) is 50.7 Å². The Morgan fingerprint density at radius 1 is 1.13 bits per heavy atom. The van der Waals surface area contributed by atoms with Crippen LogP contribution in [0.15, 0.2) is 47.6 Å². The minimum Gasteiger partial charge on any atom is -0.489 e. The molecule has 3 rings (SSSR count). The number of benzene rings is 2. The van der Waals surface area contributed by atoms with Crippen LogP contribution < -0.4 is 10.2 Å². The number of ether oxygens (including phenoxy) is 1. The Morgan fingerprint density at radius 3 is 2.40 bits per heavy atom. The van der Waals surface area contributed by atoms with Crippen LogP contribution in [0.5, 0.6) is 5.75 Å². The predicted octanol–water partition coefficient (Wildman–Crippen LogP) is 6.55. The lowest BCUT2D eigenvalue weighted by Gasteiger charge is -2.34. The van der Waals surface area contributed by atoms with Gasteiger partial charge in [0.2, 0.25) is 0 Å². The highest BCUT2D eigenvalue weighted by atomic mass is 35.5. The number of carbonyl (C=O) groups is 1. The minimum absolute atomic E-state index is 0.179. The monoisotopic (exact) mass is 426 g/mol. The van der Waals surface area contributed by atoms with Gasteiger partial charge < -0.3 is 4.74 Å². The van der Waals surface area contributed by atoms with E-state index in [4.69, 9.17) is 16.3 Å². The largest absolute Gasteiger partial charge is 0.489 e. The molecule has 0 radical (unpaired) electrons.